The minimum atomic E-state index is 0.262. The first-order valence-corrected chi connectivity index (χ1v) is 10.5. The van der Waals surface area contributed by atoms with Gasteiger partial charge < -0.3 is 14.2 Å². The predicted octanol–water partition coefficient (Wildman–Crippen LogP) is 2.84. The molecule has 1 N–H and O–H groups in total. The second-order valence-corrected chi connectivity index (χ2v) is 8.18. The zero-order valence-electron chi connectivity index (χ0n) is 17.0. The van der Waals surface area contributed by atoms with E-state index < -0.39 is 0 Å². The number of aromatic nitrogens is 1. The van der Waals surface area contributed by atoms with Gasteiger partial charge in [-0.1, -0.05) is 30.3 Å². The molecule has 1 fully saturated rings. The summed E-state index contributed by atoms with van der Waals surface area (Å²) in [7, 11) is 0. The fourth-order valence-electron chi connectivity index (χ4n) is 4.54. The highest BCUT2D eigenvalue weighted by atomic mass is 16.5. The lowest BCUT2D eigenvalue weighted by atomic mass is 9.99. The van der Waals surface area contributed by atoms with E-state index in [1.165, 1.54) is 16.0 Å². The van der Waals surface area contributed by atoms with E-state index in [2.05, 4.69) is 60.9 Å². The lowest BCUT2D eigenvalue weighted by Gasteiger charge is -2.23. The second-order valence-electron chi connectivity index (χ2n) is 8.18. The highest BCUT2D eigenvalue weighted by Crippen LogP contribution is 2.21. The monoisotopic (exact) mass is 379 g/mol. The van der Waals surface area contributed by atoms with E-state index in [-0.39, 0.29) is 5.78 Å². The predicted molar refractivity (Wildman–Crippen MR) is 112 cm³/mol. The Balaban J connectivity index is 1.40. The number of ether oxygens (including phenoxy) is 1. The largest absolute Gasteiger partial charge is 0.376 e. The molecule has 1 aromatic carbocycles. The maximum Gasteiger partial charge on any atom is 0.218 e. The Hall–Kier alpha value is -2.17. The molecule has 4 heteroatoms. The number of carbonyl (C=O) groups excluding carboxylic acids is 1. The summed E-state index contributed by atoms with van der Waals surface area (Å²) in [6.45, 7) is 8.42. The van der Waals surface area contributed by atoms with E-state index in [9.17, 15) is 4.79 Å². The fraction of sp³-hybridized carbons (Fsp3) is 0.458. The molecule has 0 amide bonds. The highest BCUT2D eigenvalue weighted by molar-refractivity contribution is 5.98. The van der Waals surface area contributed by atoms with Crippen molar-refractivity contribution in [3.8, 4) is 0 Å². The van der Waals surface area contributed by atoms with E-state index in [1.807, 2.05) is 0 Å². The van der Waals surface area contributed by atoms with Gasteiger partial charge in [0.1, 0.15) is 6.54 Å². The molecular formula is C24H31N2O2+. The van der Waals surface area contributed by atoms with Gasteiger partial charge in [0, 0.05) is 36.5 Å². The Kier molecular flexibility index (Phi) is 5.79. The van der Waals surface area contributed by atoms with Crippen molar-refractivity contribution >= 4 is 11.4 Å². The number of quaternary nitrogens is 1. The van der Waals surface area contributed by atoms with Crippen molar-refractivity contribution < 1.29 is 14.4 Å². The van der Waals surface area contributed by atoms with Gasteiger partial charge in [-0.15, -0.1) is 0 Å². The molecule has 148 valence electrons. The van der Waals surface area contributed by atoms with Crippen molar-refractivity contribution in [2.45, 2.75) is 45.8 Å². The minimum Gasteiger partial charge on any atom is -0.376 e. The van der Waals surface area contributed by atoms with Gasteiger partial charge in [0.2, 0.25) is 5.78 Å². The number of nitrogens with one attached hydrogen (secondary N) is 1. The van der Waals surface area contributed by atoms with Crippen LogP contribution < -0.4 is 4.90 Å². The van der Waals surface area contributed by atoms with E-state index in [0.29, 0.717) is 12.6 Å². The molecule has 4 nitrogen and oxygen atoms in total. The summed E-state index contributed by atoms with van der Waals surface area (Å²) in [6.07, 6.45) is 5.90. The normalized spacial score (nSPS) is 22.3. The van der Waals surface area contributed by atoms with Gasteiger partial charge >= 0.3 is 0 Å². The number of carbonyl (C=O) groups is 1. The summed E-state index contributed by atoms with van der Waals surface area (Å²) in [4.78, 5) is 14.4. The summed E-state index contributed by atoms with van der Waals surface area (Å²) >= 11 is 0. The Bertz CT molecular complexity index is 860. The molecule has 0 radical (unpaired) electrons. The van der Waals surface area contributed by atoms with Crippen LogP contribution >= 0.6 is 0 Å². The molecule has 2 atom stereocenters. The molecule has 0 bridgehead atoms. The first-order chi connectivity index (χ1) is 13.6. The van der Waals surface area contributed by atoms with Gasteiger partial charge in [-0.05, 0) is 50.0 Å². The fourth-order valence-corrected chi connectivity index (χ4v) is 4.54. The van der Waals surface area contributed by atoms with Crippen molar-refractivity contribution in [1.82, 2.24) is 4.57 Å². The van der Waals surface area contributed by atoms with Gasteiger partial charge in [0.25, 0.3) is 0 Å². The molecule has 0 spiro atoms. The number of ketones is 1. The third-order valence-electron chi connectivity index (χ3n) is 6.22. The summed E-state index contributed by atoms with van der Waals surface area (Å²) < 4.78 is 8.05. The minimum absolute atomic E-state index is 0.262. The van der Waals surface area contributed by atoms with Gasteiger partial charge in [0.05, 0.1) is 19.2 Å². The van der Waals surface area contributed by atoms with Crippen LogP contribution in [0, 0.1) is 13.8 Å². The average molecular weight is 380 g/mol. The molecule has 2 aliphatic rings. The lowest BCUT2D eigenvalue weighted by Crippen LogP contribution is -3.13. The van der Waals surface area contributed by atoms with Gasteiger partial charge in [-0.2, -0.15) is 0 Å². The van der Waals surface area contributed by atoms with Crippen LogP contribution in [0.5, 0.6) is 0 Å². The summed E-state index contributed by atoms with van der Waals surface area (Å²) in [6, 6.07) is 12.6. The Morgan fingerprint density at radius 1 is 1.25 bits per heavy atom. The Labute approximate surface area is 167 Å². The molecule has 4 rings (SSSR count). The average Bonchev–Trinajstić information content (AvgIpc) is 3.33. The molecule has 0 aliphatic carbocycles. The zero-order chi connectivity index (χ0) is 19.5. The number of Topliss-reactive ketones (excluding diaryl/α,β-unsaturated/α-hetero) is 1. The molecule has 2 aliphatic heterocycles. The van der Waals surface area contributed by atoms with Crippen molar-refractivity contribution in [2.24, 2.45) is 0 Å². The number of nitrogens with zero attached hydrogens (tertiary/aromatic N) is 1. The number of hydrogen-bond donors (Lipinski definition) is 1. The SMILES string of the molecule is Cc1cc(C(=O)C[NH+]2CC=C(c3ccccc3)CC2)c(C)n1C[C@@H]1CCCO1. The third kappa shape index (κ3) is 4.13. The highest BCUT2D eigenvalue weighted by Gasteiger charge is 2.24. The van der Waals surface area contributed by atoms with E-state index in [4.69, 9.17) is 4.74 Å². The van der Waals surface area contributed by atoms with Crippen molar-refractivity contribution in [3.63, 3.8) is 0 Å². The molecule has 1 saturated heterocycles. The molecule has 3 heterocycles. The molecule has 1 aromatic heterocycles. The van der Waals surface area contributed by atoms with Gasteiger partial charge in [-0.25, -0.2) is 0 Å². The van der Waals surface area contributed by atoms with E-state index >= 15 is 0 Å². The van der Waals surface area contributed by atoms with Crippen molar-refractivity contribution in [3.05, 3.63) is 65.0 Å². The first kappa shape index (κ1) is 19.2. The topological polar surface area (TPSA) is 35.7 Å². The van der Waals surface area contributed by atoms with Gasteiger partial charge in [0.15, 0.2) is 0 Å². The van der Waals surface area contributed by atoms with Crippen LogP contribution in [0.25, 0.3) is 5.57 Å². The number of rotatable bonds is 6. The zero-order valence-corrected chi connectivity index (χ0v) is 17.0. The molecule has 0 saturated carbocycles. The maximum atomic E-state index is 13.0. The smallest absolute Gasteiger partial charge is 0.218 e. The third-order valence-corrected chi connectivity index (χ3v) is 6.22. The quantitative estimate of drug-likeness (QED) is 0.784. The number of hydrogen-bond acceptors (Lipinski definition) is 2. The molecule has 2 aromatic rings. The van der Waals surface area contributed by atoms with E-state index in [0.717, 1.165) is 62.5 Å². The summed E-state index contributed by atoms with van der Waals surface area (Å²) in [5, 5.41) is 0. The Morgan fingerprint density at radius 3 is 2.75 bits per heavy atom. The standard InChI is InChI=1S/C24H30N2O2/c1-18-15-23(19(2)26(18)16-22-9-6-14-28-22)24(27)17-25-12-10-21(11-13-25)20-7-4-3-5-8-20/h3-5,7-8,10,15,22H,6,9,11-14,16-17H2,1-2H3/p+1/t22-/m0/s1. The van der Waals surface area contributed by atoms with Crippen molar-refractivity contribution in [2.75, 3.05) is 26.2 Å². The van der Waals surface area contributed by atoms with Crippen LogP contribution in [0.2, 0.25) is 0 Å². The lowest BCUT2D eigenvalue weighted by molar-refractivity contribution is -0.886. The molecular weight excluding hydrogens is 348 g/mol. The van der Waals surface area contributed by atoms with Crippen LogP contribution in [-0.2, 0) is 11.3 Å². The maximum absolute atomic E-state index is 13.0. The van der Waals surface area contributed by atoms with Crippen LogP contribution in [0.3, 0.4) is 0 Å². The Morgan fingerprint density at radius 2 is 2.07 bits per heavy atom. The van der Waals surface area contributed by atoms with Crippen LogP contribution in [-0.4, -0.2) is 42.7 Å². The number of benzene rings is 1. The van der Waals surface area contributed by atoms with Crippen LogP contribution in [0.15, 0.2) is 42.5 Å². The van der Waals surface area contributed by atoms with Crippen molar-refractivity contribution in [1.29, 1.82) is 0 Å². The first-order valence-electron chi connectivity index (χ1n) is 10.5. The summed E-state index contributed by atoms with van der Waals surface area (Å²) in [5.41, 5.74) is 5.86. The van der Waals surface area contributed by atoms with Gasteiger partial charge in [-0.3, -0.25) is 4.79 Å². The van der Waals surface area contributed by atoms with Crippen LogP contribution in [0.4, 0.5) is 0 Å². The van der Waals surface area contributed by atoms with Crippen LogP contribution in [0.1, 0.15) is 46.6 Å². The second kappa shape index (κ2) is 8.46. The number of aryl methyl sites for hydroxylation is 1. The molecule has 28 heavy (non-hydrogen) atoms. The summed E-state index contributed by atoms with van der Waals surface area (Å²) in [5.74, 6) is 0.262. The van der Waals surface area contributed by atoms with E-state index in [1.54, 1.807) is 0 Å². The molecule has 1 unspecified atom stereocenters.